The minimum Gasteiger partial charge on any atom is -0.457 e. The Labute approximate surface area is 283 Å². The normalized spacial score (nSPS) is 21.0. The Morgan fingerprint density at radius 2 is 1.10 bits per heavy atom. The topological polar surface area (TPSA) is 139 Å². The molecule has 0 radical (unpaired) electrons. The first-order chi connectivity index (χ1) is 23.9. The number of hydrogen-bond acceptors (Lipinski definition) is 7. The number of aromatic nitrogens is 3. The number of nitrogens with one attached hydrogen (secondary N) is 3. The molecule has 0 spiro atoms. The Morgan fingerprint density at radius 3 is 1.61 bits per heavy atom. The van der Waals surface area contributed by atoms with Crippen molar-refractivity contribution in [3.8, 4) is 0 Å². The van der Waals surface area contributed by atoms with E-state index in [2.05, 4.69) is 21.0 Å². The van der Waals surface area contributed by atoms with E-state index >= 15 is 0 Å². The van der Waals surface area contributed by atoms with Gasteiger partial charge < -0.3 is 39.0 Å². The fraction of sp³-hybridized carbons (Fsp3) is 0.333. The van der Waals surface area contributed by atoms with Crippen molar-refractivity contribution in [2.24, 2.45) is 0 Å². The standard InChI is InChI=1S/C39H41N3O7/c1-24-36(48-34(43)18-16-26-22-41-32-14-6-3-11-29(26)32)37(46-20-8-9-25-21-40-31-13-5-2-10-28(25)31)38(39(45)47-24)49-35(44)19-17-27-23-42-33-15-7-4-12-30(27)33/h2-7,10-15,21-24,36-42,45H,8-9,16-20H2,1H3/t24-,36+,37+,38-,39?/m0/s1. The molecule has 0 amide bonds. The molecule has 4 heterocycles. The van der Waals surface area contributed by atoms with Crippen LogP contribution < -0.4 is 0 Å². The third-order valence-electron chi connectivity index (χ3n) is 9.40. The largest absolute Gasteiger partial charge is 0.457 e. The van der Waals surface area contributed by atoms with Crippen LogP contribution >= 0.6 is 0 Å². The molecule has 5 atom stereocenters. The predicted octanol–water partition coefficient (Wildman–Crippen LogP) is 6.27. The third kappa shape index (κ3) is 7.27. The fourth-order valence-corrected chi connectivity index (χ4v) is 6.86. The molecule has 3 aromatic carbocycles. The summed E-state index contributed by atoms with van der Waals surface area (Å²) in [5.41, 5.74) is 6.24. The minimum absolute atomic E-state index is 0.0863. The zero-order valence-corrected chi connectivity index (χ0v) is 27.4. The van der Waals surface area contributed by atoms with E-state index in [1.54, 1.807) is 6.92 Å². The summed E-state index contributed by atoms with van der Waals surface area (Å²) >= 11 is 0. The molecule has 49 heavy (non-hydrogen) atoms. The van der Waals surface area contributed by atoms with Crippen molar-refractivity contribution in [1.82, 2.24) is 15.0 Å². The number of carbonyl (C=O) groups excluding carboxylic acids is 2. The van der Waals surface area contributed by atoms with Crippen molar-refractivity contribution in [2.45, 2.75) is 76.2 Å². The number of aromatic amines is 3. The number of rotatable bonds is 13. The number of para-hydroxylation sites is 3. The van der Waals surface area contributed by atoms with Gasteiger partial charge in [0, 0.05) is 70.7 Å². The van der Waals surface area contributed by atoms with Gasteiger partial charge in [0.25, 0.3) is 0 Å². The summed E-state index contributed by atoms with van der Waals surface area (Å²) in [6.07, 6.45) is 3.18. The van der Waals surface area contributed by atoms with Crippen LogP contribution in [0.3, 0.4) is 0 Å². The van der Waals surface area contributed by atoms with Crippen LogP contribution in [-0.2, 0) is 47.8 Å². The molecule has 7 rings (SSSR count). The molecule has 4 N–H and O–H groups in total. The number of hydrogen-bond donors (Lipinski definition) is 4. The number of esters is 2. The van der Waals surface area contributed by atoms with Crippen LogP contribution in [0.2, 0.25) is 0 Å². The van der Waals surface area contributed by atoms with Gasteiger partial charge in [-0.05, 0) is 67.5 Å². The van der Waals surface area contributed by atoms with Crippen LogP contribution in [0.5, 0.6) is 0 Å². The Balaban J connectivity index is 1.03. The second-order valence-electron chi connectivity index (χ2n) is 12.7. The summed E-state index contributed by atoms with van der Waals surface area (Å²) in [6, 6.07) is 23.9. The van der Waals surface area contributed by atoms with Crippen molar-refractivity contribution < 1.29 is 33.6 Å². The van der Waals surface area contributed by atoms with E-state index in [1.807, 2.05) is 85.3 Å². The van der Waals surface area contributed by atoms with Crippen molar-refractivity contribution in [2.75, 3.05) is 6.61 Å². The van der Waals surface area contributed by atoms with E-state index in [1.165, 1.54) is 5.56 Å². The molecule has 10 heteroatoms. The van der Waals surface area contributed by atoms with Crippen LogP contribution in [0.25, 0.3) is 32.7 Å². The maximum absolute atomic E-state index is 13.3. The van der Waals surface area contributed by atoms with Gasteiger partial charge in [-0.25, -0.2) is 0 Å². The molecule has 0 bridgehead atoms. The summed E-state index contributed by atoms with van der Waals surface area (Å²) in [6.45, 7) is 2.01. The Hall–Kier alpha value is -4.90. The van der Waals surface area contributed by atoms with Crippen molar-refractivity contribution >= 4 is 44.6 Å². The van der Waals surface area contributed by atoms with Crippen molar-refractivity contribution in [3.05, 3.63) is 108 Å². The molecule has 6 aromatic rings. The quantitative estimate of drug-likeness (QED) is 0.0844. The average molecular weight is 664 g/mol. The molecule has 0 saturated carbocycles. The molecule has 10 nitrogen and oxygen atoms in total. The summed E-state index contributed by atoms with van der Waals surface area (Å²) in [7, 11) is 0. The van der Waals surface area contributed by atoms with Crippen LogP contribution in [0.15, 0.2) is 91.4 Å². The van der Waals surface area contributed by atoms with E-state index in [4.69, 9.17) is 18.9 Å². The van der Waals surface area contributed by atoms with Gasteiger partial charge >= 0.3 is 11.9 Å². The zero-order valence-electron chi connectivity index (χ0n) is 27.4. The lowest BCUT2D eigenvalue weighted by Gasteiger charge is -2.42. The molecular weight excluding hydrogens is 622 g/mol. The lowest BCUT2D eigenvalue weighted by molar-refractivity contribution is -0.293. The minimum atomic E-state index is -1.45. The molecule has 254 valence electrons. The van der Waals surface area contributed by atoms with Gasteiger partial charge in [0.1, 0.15) is 6.10 Å². The van der Waals surface area contributed by atoms with E-state index in [-0.39, 0.29) is 19.4 Å². The van der Waals surface area contributed by atoms with Crippen LogP contribution in [0, 0.1) is 0 Å². The smallest absolute Gasteiger partial charge is 0.306 e. The zero-order chi connectivity index (χ0) is 33.7. The van der Waals surface area contributed by atoms with Crippen LogP contribution in [-0.4, -0.2) is 69.3 Å². The number of aryl methyl sites for hydroxylation is 3. The lowest BCUT2D eigenvalue weighted by Crippen LogP contribution is -2.60. The number of aliphatic hydroxyl groups is 1. The predicted molar refractivity (Wildman–Crippen MR) is 186 cm³/mol. The number of carbonyl (C=O) groups is 2. The summed E-state index contributed by atoms with van der Waals surface area (Å²) in [4.78, 5) is 36.3. The summed E-state index contributed by atoms with van der Waals surface area (Å²) in [5.74, 6) is -0.941. The van der Waals surface area contributed by atoms with Gasteiger partial charge in [0.05, 0.1) is 6.10 Å². The fourth-order valence-electron chi connectivity index (χ4n) is 6.86. The van der Waals surface area contributed by atoms with Crippen molar-refractivity contribution in [3.63, 3.8) is 0 Å². The highest BCUT2D eigenvalue weighted by Gasteiger charge is 2.48. The number of H-pyrrole nitrogens is 3. The van der Waals surface area contributed by atoms with Gasteiger partial charge in [0.2, 0.25) is 0 Å². The number of aliphatic hydroxyl groups excluding tert-OH is 1. The van der Waals surface area contributed by atoms with E-state index in [0.29, 0.717) is 19.3 Å². The van der Waals surface area contributed by atoms with Gasteiger partial charge in [-0.3, -0.25) is 9.59 Å². The van der Waals surface area contributed by atoms with E-state index < -0.39 is 42.6 Å². The molecule has 1 aliphatic heterocycles. The second-order valence-corrected chi connectivity index (χ2v) is 12.7. The number of fused-ring (bicyclic) bond motifs is 3. The van der Waals surface area contributed by atoms with Crippen molar-refractivity contribution in [1.29, 1.82) is 0 Å². The Kier molecular flexibility index (Phi) is 9.79. The molecule has 1 saturated heterocycles. The Morgan fingerprint density at radius 1 is 0.653 bits per heavy atom. The molecule has 0 aliphatic carbocycles. The summed E-state index contributed by atoms with van der Waals surface area (Å²) in [5, 5.41) is 14.3. The van der Waals surface area contributed by atoms with Gasteiger partial charge in [-0.2, -0.15) is 0 Å². The summed E-state index contributed by atoms with van der Waals surface area (Å²) < 4.78 is 24.0. The average Bonchev–Trinajstić information content (AvgIpc) is 3.85. The van der Waals surface area contributed by atoms with Crippen LogP contribution in [0.1, 0.15) is 42.9 Å². The molecule has 1 fully saturated rings. The van der Waals surface area contributed by atoms with Crippen LogP contribution in [0.4, 0.5) is 0 Å². The third-order valence-corrected chi connectivity index (χ3v) is 9.40. The highest BCUT2D eigenvalue weighted by Crippen LogP contribution is 2.29. The van der Waals surface area contributed by atoms with Gasteiger partial charge in [-0.1, -0.05) is 54.6 Å². The molecule has 1 aliphatic rings. The highest BCUT2D eigenvalue weighted by molar-refractivity contribution is 5.85. The molecular formula is C39H41N3O7. The molecule has 3 aromatic heterocycles. The van der Waals surface area contributed by atoms with E-state index in [9.17, 15) is 14.7 Å². The van der Waals surface area contributed by atoms with Gasteiger partial charge in [-0.15, -0.1) is 0 Å². The maximum atomic E-state index is 13.3. The number of ether oxygens (including phenoxy) is 4. The highest BCUT2D eigenvalue weighted by atomic mass is 16.7. The van der Waals surface area contributed by atoms with E-state index in [0.717, 1.165) is 50.3 Å². The molecule has 1 unspecified atom stereocenters. The monoisotopic (exact) mass is 663 g/mol. The number of benzene rings is 3. The van der Waals surface area contributed by atoms with Gasteiger partial charge in [0.15, 0.2) is 18.5 Å². The second kappa shape index (κ2) is 14.7. The lowest BCUT2D eigenvalue weighted by atomic mass is 9.98. The Bertz CT molecular complexity index is 1940. The maximum Gasteiger partial charge on any atom is 0.306 e. The first kappa shape index (κ1) is 32.6. The first-order valence-corrected chi connectivity index (χ1v) is 16.9. The SMILES string of the molecule is C[C@@H]1OC(O)[C@@H](OC(=O)CCc2c[nH]c3ccccc23)[C@H](OCCCc2c[nH]c3ccccc23)[C@@H]1OC(=O)CCc1c[nH]c2ccccc12. The first-order valence-electron chi connectivity index (χ1n) is 16.9.